The molecule has 0 bridgehead atoms. The Balaban J connectivity index is -0.0000000979. The van der Waals surface area contributed by atoms with Crippen LogP contribution in [0.15, 0.2) is 11.1 Å². The number of carboxylic acids is 1. The Bertz CT molecular complexity index is 690. The van der Waals surface area contributed by atoms with Crippen LogP contribution in [0, 0.1) is 12.3 Å². The number of esters is 1. The van der Waals surface area contributed by atoms with Crippen molar-refractivity contribution in [2.45, 2.75) is 40.0 Å². The Hall–Kier alpha value is -1.50. The molecule has 1 aromatic heterocycles. The Kier molecular flexibility index (Phi) is 30.9. The molecule has 30 heavy (non-hydrogen) atoms. The molecule has 5 N–H and O–H groups in total. The van der Waals surface area contributed by atoms with E-state index in [0.717, 1.165) is 7.11 Å². The third kappa shape index (κ3) is 22.8. The van der Waals surface area contributed by atoms with E-state index in [1.54, 1.807) is 13.8 Å². The predicted molar refractivity (Wildman–Crippen MR) is 108 cm³/mol. The first-order valence-corrected chi connectivity index (χ1v) is 8.21. The van der Waals surface area contributed by atoms with Crippen molar-refractivity contribution in [1.82, 2.24) is 9.97 Å². The second kappa shape index (κ2) is 23.8. The minimum Gasteiger partial charge on any atom is -0.857 e. The van der Waals surface area contributed by atoms with Crippen LogP contribution in [0.3, 0.4) is 0 Å². The van der Waals surface area contributed by atoms with Gasteiger partial charge in [0.05, 0.1) is 18.6 Å². The summed E-state index contributed by atoms with van der Waals surface area (Å²) in [5.74, 6) is -2.43. The Morgan fingerprint density at radius 1 is 1.40 bits per heavy atom. The first-order chi connectivity index (χ1) is 12.9. The van der Waals surface area contributed by atoms with Gasteiger partial charge in [-0.1, -0.05) is 19.0 Å². The number of carbonyl (C=O) groups is 3. The van der Waals surface area contributed by atoms with Gasteiger partial charge in [-0.2, -0.15) is 7.11 Å². The first kappa shape index (κ1) is 39.0. The number of aliphatic carboxylic acids is 1. The van der Waals surface area contributed by atoms with Crippen molar-refractivity contribution in [3.63, 3.8) is 0 Å². The van der Waals surface area contributed by atoms with E-state index in [9.17, 15) is 19.2 Å². The summed E-state index contributed by atoms with van der Waals surface area (Å²) in [6.07, 6.45) is 0.962. The molecule has 0 fully saturated rings. The number of H-pyrrole nitrogens is 1. The molecule has 0 saturated heterocycles. The van der Waals surface area contributed by atoms with Crippen LogP contribution >= 0.6 is 23.2 Å². The zero-order chi connectivity index (χ0) is 22.9. The summed E-state index contributed by atoms with van der Waals surface area (Å²) in [5, 5.41) is 21.6. The fraction of sp³-hybridized carbons (Fsp3) is 0.500. The topological polar surface area (TPSA) is 199 Å². The molecule has 1 aromatic rings. The maximum Gasteiger partial charge on any atom is 1.00 e. The molecule has 168 valence electrons. The molecular weight excluding hydrogens is 454 g/mol. The molecule has 0 radical (unpaired) electrons. The normalized spacial score (nSPS) is 9.03. The molecule has 0 saturated carbocycles. The fourth-order valence-electron chi connectivity index (χ4n) is 1.02. The van der Waals surface area contributed by atoms with Crippen molar-refractivity contribution in [3.05, 3.63) is 27.4 Å². The minimum absolute atomic E-state index is 0. The van der Waals surface area contributed by atoms with Crippen molar-refractivity contribution >= 4 is 46.8 Å². The maximum absolute atomic E-state index is 10.6. The van der Waals surface area contributed by atoms with Gasteiger partial charge in [0.25, 0.3) is 5.56 Å². The second-order valence-corrected chi connectivity index (χ2v) is 5.27. The van der Waals surface area contributed by atoms with Gasteiger partial charge >= 0.3 is 41.5 Å². The average Bonchev–Trinajstić information content (AvgIpc) is 2.60. The zero-order valence-corrected chi connectivity index (χ0v) is 20.3. The number of aromatic amines is 1. The second-order valence-electron chi connectivity index (χ2n) is 4.45. The number of aromatic nitrogens is 2. The fourth-order valence-corrected chi connectivity index (χ4v) is 1.18. The summed E-state index contributed by atoms with van der Waals surface area (Å²) in [4.78, 5) is 47.3. The summed E-state index contributed by atoms with van der Waals surface area (Å²) in [6.45, 7) is 4.82. The quantitative estimate of drug-likeness (QED) is 0.0876. The number of hydrogen-bond acceptors (Lipinski definition) is 8. The number of halogens is 2. The molecule has 1 rings (SSSR count). The molecule has 0 aromatic carbocycles. The van der Waals surface area contributed by atoms with E-state index < -0.39 is 17.3 Å². The number of amidine groups is 1. The third-order valence-corrected chi connectivity index (χ3v) is 3.09. The predicted octanol–water partition coefficient (Wildman–Crippen LogP) is -2.51. The summed E-state index contributed by atoms with van der Waals surface area (Å²) < 4.78 is 4.47. The van der Waals surface area contributed by atoms with E-state index in [1.165, 1.54) is 13.3 Å². The summed E-state index contributed by atoms with van der Waals surface area (Å²) in [5.41, 5.74) is 4.96. The van der Waals surface area contributed by atoms with E-state index in [0.29, 0.717) is 5.69 Å². The number of ketones is 1. The molecule has 0 aliphatic rings. The van der Waals surface area contributed by atoms with Gasteiger partial charge in [-0.05, 0) is 20.8 Å². The molecule has 0 aliphatic carbocycles. The monoisotopic (exact) mass is 480 g/mol. The third-order valence-electron chi connectivity index (χ3n) is 2.16. The van der Waals surface area contributed by atoms with Gasteiger partial charge in [-0.15, -0.1) is 11.6 Å². The molecule has 1 unspecified atom stereocenters. The van der Waals surface area contributed by atoms with Crippen molar-refractivity contribution in [2.24, 2.45) is 5.73 Å². The van der Waals surface area contributed by atoms with Crippen LogP contribution in [0.2, 0.25) is 5.02 Å². The number of ether oxygens (including phenoxy) is 1. The molecule has 1 heterocycles. The van der Waals surface area contributed by atoms with Crippen molar-refractivity contribution in [2.75, 3.05) is 13.7 Å². The van der Waals surface area contributed by atoms with Crippen LogP contribution in [-0.2, 0) is 19.1 Å². The molecule has 11 nitrogen and oxygen atoms in total. The number of aryl methyl sites for hydroxylation is 1. The zero-order valence-electron chi connectivity index (χ0n) is 16.7. The van der Waals surface area contributed by atoms with Crippen LogP contribution in [0.4, 0.5) is 0 Å². The number of alkyl halides is 1. The number of hydrogen-bond donors (Lipinski definition) is 4. The van der Waals surface area contributed by atoms with Gasteiger partial charge in [0.2, 0.25) is 0 Å². The largest absolute Gasteiger partial charge is 1.00 e. The minimum atomic E-state index is -1.14. The number of rotatable bonds is 5. The van der Waals surface area contributed by atoms with E-state index >= 15 is 0 Å². The Morgan fingerprint density at radius 2 is 1.87 bits per heavy atom. The van der Waals surface area contributed by atoms with Crippen molar-refractivity contribution in [3.8, 4) is 0 Å². The van der Waals surface area contributed by atoms with Gasteiger partial charge in [-0.3, -0.25) is 19.8 Å². The van der Waals surface area contributed by atoms with E-state index in [4.69, 9.17) is 44.6 Å². The van der Waals surface area contributed by atoms with Crippen LogP contribution in [0.25, 0.3) is 0 Å². The Labute approximate surface area is 207 Å². The molecule has 1 atom stereocenters. The van der Waals surface area contributed by atoms with E-state index in [2.05, 4.69) is 14.7 Å². The molecule has 0 spiro atoms. The number of nitrogens with one attached hydrogen (secondary N) is 2. The summed E-state index contributed by atoms with van der Waals surface area (Å²) >= 11 is 10.8. The first-order valence-electron chi connectivity index (χ1n) is 7.40. The smallest absolute Gasteiger partial charge is 0.857 e. The van der Waals surface area contributed by atoms with Crippen molar-refractivity contribution in [1.29, 1.82) is 5.41 Å². The summed E-state index contributed by atoms with van der Waals surface area (Å²) in [7, 11) is 0.750. The van der Waals surface area contributed by atoms with Crippen LogP contribution in [0.1, 0.15) is 33.4 Å². The van der Waals surface area contributed by atoms with Gasteiger partial charge in [0.1, 0.15) is 17.3 Å². The SMILES string of the molecule is C.CCOC(=O)C(Cl)C(C)=O.C[O-].Cc1nc[nH]c(=O)c1Cl.N=C(N)CC(=O)O.[Na+]. The van der Waals surface area contributed by atoms with Crippen LogP contribution < -0.4 is 46.0 Å². The summed E-state index contributed by atoms with van der Waals surface area (Å²) in [6, 6.07) is 0. The standard InChI is InChI=1S/C6H9ClO3.C5H5ClN2O.C3H6N2O2.CH3O.CH4.Na/c1-3-10-6(9)5(7)4(2)8;1-3-4(6)5(9)8-2-7-3;4-2(5)1-3(6)7;1-2;;/h5H,3H2,1-2H3;2H,1H3,(H,7,8,9);1H2,(H3,4,5)(H,6,7);1H3;1H4;/q;;;-1;;+1. The van der Waals surface area contributed by atoms with E-state index in [-0.39, 0.29) is 72.2 Å². The number of Topliss-reactive ketones (excluding diaryl/α,β-unsaturated/α-hetero) is 1. The molecule has 0 amide bonds. The number of carboxylic acid groups (broad SMARTS) is 1. The molecule has 0 aliphatic heterocycles. The van der Waals surface area contributed by atoms with E-state index in [1.807, 2.05) is 0 Å². The molecule has 14 heteroatoms. The van der Waals surface area contributed by atoms with Crippen molar-refractivity contribution < 1.29 is 58.9 Å². The average molecular weight is 481 g/mol. The van der Waals surface area contributed by atoms with Gasteiger partial charge in [-0.25, -0.2) is 9.78 Å². The van der Waals surface area contributed by atoms with Crippen LogP contribution in [0.5, 0.6) is 0 Å². The van der Waals surface area contributed by atoms with Crippen LogP contribution in [-0.4, -0.2) is 57.7 Å². The number of nitrogens with zero attached hydrogens (tertiary/aromatic N) is 1. The van der Waals surface area contributed by atoms with Gasteiger partial charge in [0, 0.05) is 0 Å². The van der Waals surface area contributed by atoms with Gasteiger partial charge < -0.3 is 25.7 Å². The molecular formula is C16H27Cl2N4NaO7. The Morgan fingerprint density at radius 3 is 2.10 bits per heavy atom. The number of nitrogens with two attached hydrogens (primary N) is 1. The number of carbonyl (C=O) groups excluding carboxylic acids is 2. The maximum atomic E-state index is 10.6. The van der Waals surface area contributed by atoms with Gasteiger partial charge in [0.15, 0.2) is 11.2 Å².